The summed E-state index contributed by atoms with van der Waals surface area (Å²) in [5.74, 6) is 0.673. The molecular weight excluding hydrogens is 158 g/mol. The third kappa shape index (κ3) is 2.00. The van der Waals surface area contributed by atoms with Crippen LogP contribution in [0.2, 0.25) is 0 Å². The molecule has 1 rings (SSSR count). The molecule has 0 radical (unpaired) electrons. The molecule has 1 heterocycles. The van der Waals surface area contributed by atoms with E-state index in [-0.39, 0.29) is 12.0 Å². The molecule has 0 bridgehead atoms. The van der Waals surface area contributed by atoms with Crippen molar-refractivity contribution in [1.29, 1.82) is 0 Å². The number of hydroxylamine groups is 1. The number of hydrogen-bond donors (Lipinski definition) is 3. The summed E-state index contributed by atoms with van der Waals surface area (Å²) in [6.45, 7) is 1.81. The van der Waals surface area contributed by atoms with E-state index in [9.17, 15) is 0 Å². The second-order valence-electron chi connectivity index (χ2n) is 2.32. The van der Waals surface area contributed by atoms with Gasteiger partial charge < -0.3 is 10.2 Å². The molecule has 12 heavy (non-hydrogen) atoms. The van der Waals surface area contributed by atoms with Gasteiger partial charge in [0.05, 0.1) is 6.26 Å². The van der Waals surface area contributed by atoms with Gasteiger partial charge in [-0.25, -0.2) is 10.5 Å². The summed E-state index contributed by atoms with van der Waals surface area (Å²) in [5, 5.41) is 8.34. The first kappa shape index (κ1) is 8.61. The Labute approximate surface area is 69.9 Å². The minimum atomic E-state index is -0.195. The summed E-state index contributed by atoms with van der Waals surface area (Å²) in [6, 6.07) is 3.36. The molecule has 5 heteroatoms. The Morgan fingerprint density at radius 3 is 3.08 bits per heavy atom. The van der Waals surface area contributed by atoms with E-state index in [1.807, 2.05) is 6.92 Å². The molecular formula is C7H11N3O2. The second kappa shape index (κ2) is 3.77. The van der Waals surface area contributed by atoms with Gasteiger partial charge in [0.1, 0.15) is 11.8 Å². The molecule has 0 aliphatic carbocycles. The monoisotopic (exact) mass is 169 g/mol. The largest absolute Gasteiger partial charge is 0.467 e. The fourth-order valence-electron chi connectivity index (χ4n) is 0.830. The lowest BCUT2D eigenvalue weighted by molar-refractivity contribution is 0.232. The first-order valence-corrected chi connectivity index (χ1v) is 3.51. The predicted octanol–water partition coefficient (Wildman–Crippen LogP) is 0.634. The third-order valence-electron chi connectivity index (χ3n) is 1.40. The van der Waals surface area contributed by atoms with Gasteiger partial charge in [0.15, 0.2) is 0 Å². The molecule has 0 saturated carbocycles. The third-order valence-corrected chi connectivity index (χ3v) is 1.40. The minimum Gasteiger partial charge on any atom is -0.467 e. The van der Waals surface area contributed by atoms with Crippen LogP contribution < -0.4 is 11.2 Å². The SMILES string of the molecule is CC(N=C(N)NO)c1ccco1. The van der Waals surface area contributed by atoms with Gasteiger partial charge in [-0.1, -0.05) is 0 Å². The van der Waals surface area contributed by atoms with Crippen LogP contribution in [0.1, 0.15) is 18.7 Å². The van der Waals surface area contributed by atoms with E-state index in [0.29, 0.717) is 5.76 Å². The maximum Gasteiger partial charge on any atom is 0.213 e. The molecule has 0 fully saturated rings. The van der Waals surface area contributed by atoms with Gasteiger partial charge in [-0.2, -0.15) is 0 Å². The molecule has 1 aromatic heterocycles. The van der Waals surface area contributed by atoms with Crippen molar-refractivity contribution < 1.29 is 9.62 Å². The highest BCUT2D eigenvalue weighted by molar-refractivity contribution is 5.76. The molecule has 1 aromatic rings. The van der Waals surface area contributed by atoms with Crippen LogP contribution >= 0.6 is 0 Å². The molecule has 0 aliphatic rings. The van der Waals surface area contributed by atoms with Crippen LogP contribution in [0.25, 0.3) is 0 Å². The van der Waals surface area contributed by atoms with Gasteiger partial charge >= 0.3 is 0 Å². The number of aliphatic imine (C=N–C) groups is 1. The summed E-state index contributed by atoms with van der Waals surface area (Å²) in [5.41, 5.74) is 6.97. The molecule has 5 nitrogen and oxygen atoms in total. The van der Waals surface area contributed by atoms with Crippen LogP contribution in [0.3, 0.4) is 0 Å². The molecule has 0 spiro atoms. The van der Waals surface area contributed by atoms with Crippen molar-refractivity contribution in [3.63, 3.8) is 0 Å². The second-order valence-corrected chi connectivity index (χ2v) is 2.32. The lowest BCUT2D eigenvalue weighted by atomic mass is 10.3. The standard InChI is InChI=1S/C7H11N3O2/c1-5(9-7(8)10-11)6-3-2-4-12-6/h2-5,11H,1H3,(H3,8,9,10). The van der Waals surface area contributed by atoms with Crippen LogP contribution in [0, 0.1) is 0 Å². The van der Waals surface area contributed by atoms with Gasteiger partial charge in [-0.3, -0.25) is 5.21 Å². The average Bonchev–Trinajstić information content (AvgIpc) is 2.56. The lowest BCUT2D eigenvalue weighted by Gasteiger charge is -2.03. The lowest BCUT2D eigenvalue weighted by Crippen LogP contribution is -2.28. The van der Waals surface area contributed by atoms with Crippen LogP contribution in [-0.2, 0) is 0 Å². The van der Waals surface area contributed by atoms with Gasteiger partial charge in [-0.15, -0.1) is 0 Å². The maximum absolute atomic E-state index is 8.34. The van der Waals surface area contributed by atoms with Crippen LogP contribution in [-0.4, -0.2) is 11.2 Å². The summed E-state index contributed by atoms with van der Waals surface area (Å²) in [7, 11) is 0. The predicted molar refractivity (Wildman–Crippen MR) is 43.7 cm³/mol. The Balaban J connectivity index is 2.66. The Morgan fingerprint density at radius 2 is 2.58 bits per heavy atom. The van der Waals surface area contributed by atoms with E-state index in [4.69, 9.17) is 15.4 Å². The number of furan rings is 1. The molecule has 0 amide bonds. The van der Waals surface area contributed by atoms with Crippen molar-refractivity contribution in [3.8, 4) is 0 Å². The minimum absolute atomic E-state index is 0.0288. The highest BCUT2D eigenvalue weighted by atomic mass is 16.5. The molecule has 1 unspecified atom stereocenters. The van der Waals surface area contributed by atoms with Crippen molar-refractivity contribution in [3.05, 3.63) is 24.2 Å². The average molecular weight is 169 g/mol. The summed E-state index contributed by atoms with van der Waals surface area (Å²) >= 11 is 0. The maximum atomic E-state index is 8.34. The fraction of sp³-hybridized carbons (Fsp3) is 0.286. The highest BCUT2D eigenvalue weighted by Crippen LogP contribution is 2.15. The van der Waals surface area contributed by atoms with Crippen molar-refractivity contribution in [2.75, 3.05) is 0 Å². The van der Waals surface area contributed by atoms with Gasteiger partial charge in [-0.05, 0) is 19.1 Å². The quantitative estimate of drug-likeness (QED) is 0.344. The summed E-state index contributed by atoms with van der Waals surface area (Å²) in [4.78, 5) is 3.88. The summed E-state index contributed by atoms with van der Waals surface area (Å²) < 4.78 is 5.07. The van der Waals surface area contributed by atoms with Crippen LogP contribution in [0.15, 0.2) is 27.8 Å². The Hall–Kier alpha value is -1.49. The van der Waals surface area contributed by atoms with Gasteiger partial charge in [0.2, 0.25) is 5.96 Å². The molecule has 66 valence electrons. The molecule has 0 aromatic carbocycles. The van der Waals surface area contributed by atoms with E-state index in [0.717, 1.165) is 0 Å². The zero-order valence-electron chi connectivity index (χ0n) is 6.69. The van der Waals surface area contributed by atoms with Gasteiger partial charge in [0.25, 0.3) is 0 Å². The molecule has 0 aliphatic heterocycles. The van der Waals surface area contributed by atoms with Crippen LogP contribution in [0.4, 0.5) is 0 Å². The summed E-state index contributed by atoms with van der Waals surface area (Å²) in [6.07, 6.45) is 1.56. The smallest absolute Gasteiger partial charge is 0.213 e. The van der Waals surface area contributed by atoms with Crippen molar-refractivity contribution in [1.82, 2.24) is 5.48 Å². The fourth-order valence-corrected chi connectivity index (χ4v) is 0.830. The molecule has 1 atom stereocenters. The van der Waals surface area contributed by atoms with Crippen molar-refractivity contribution in [2.45, 2.75) is 13.0 Å². The topological polar surface area (TPSA) is 83.8 Å². The number of guanidine groups is 1. The van der Waals surface area contributed by atoms with Gasteiger partial charge in [0, 0.05) is 0 Å². The van der Waals surface area contributed by atoms with Crippen molar-refractivity contribution in [2.24, 2.45) is 10.7 Å². The Bertz CT molecular complexity index is 256. The first-order valence-electron chi connectivity index (χ1n) is 3.51. The van der Waals surface area contributed by atoms with E-state index in [1.165, 1.54) is 0 Å². The Morgan fingerprint density at radius 1 is 1.83 bits per heavy atom. The molecule has 4 N–H and O–H groups in total. The highest BCUT2D eigenvalue weighted by Gasteiger charge is 2.05. The van der Waals surface area contributed by atoms with Crippen LogP contribution in [0.5, 0.6) is 0 Å². The number of nitrogens with zero attached hydrogens (tertiary/aromatic N) is 1. The molecule has 0 saturated heterocycles. The normalized spacial score (nSPS) is 14.3. The zero-order chi connectivity index (χ0) is 8.97. The van der Waals surface area contributed by atoms with E-state index in [1.54, 1.807) is 23.9 Å². The van der Waals surface area contributed by atoms with Crippen molar-refractivity contribution >= 4 is 5.96 Å². The number of nitrogens with two attached hydrogens (primary N) is 1. The number of rotatable bonds is 2. The van der Waals surface area contributed by atoms with E-state index >= 15 is 0 Å². The zero-order valence-corrected chi connectivity index (χ0v) is 6.69. The number of nitrogens with one attached hydrogen (secondary N) is 1. The van der Waals surface area contributed by atoms with E-state index < -0.39 is 0 Å². The Kier molecular flexibility index (Phi) is 2.71. The van der Waals surface area contributed by atoms with E-state index in [2.05, 4.69) is 4.99 Å². The number of hydrogen-bond acceptors (Lipinski definition) is 3. The first-order chi connectivity index (χ1) is 5.74.